The van der Waals surface area contributed by atoms with E-state index in [9.17, 15) is 8.78 Å². The van der Waals surface area contributed by atoms with E-state index in [2.05, 4.69) is 11.6 Å². The highest BCUT2D eigenvalue weighted by molar-refractivity contribution is 5.15. The van der Waals surface area contributed by atoms with Gasteiger partial charge in [0.25, 0.3) is 0 Å². The van der Waals surface area contributed by atoms with E-state index in [-0.39, 0.29) is 6.04 Å². The van der Waals surface area contributed by atoms with Crippen molar-refractivity contribution in [2.75, 3.05) is 0 Å². The standard InChI is InChI=1S/C9H10F2N2/c1-2-3-8(12)6-4-7(10)9(11)13-5-6/h2,4-5,8H,1,3,12H2. The maximum Gasteiger partial charge on any atom is 0.248 e. The Morgan fingerprint density at radius 1 is 1.62 bits per heavy atom. The van der Waals surface area contributed by atoms with Crippen molar-refractivity contribution in [3.8, 4) is 0 Å². The van der Waals surface area contributed by atoms with Crippen LogP contribution in [0.25, 0.3) is 0 Å². The van der Waals surface area contributed by atoms with Gasteiger partial charge in [0.05, 0.1) is 0 Å². The number of aromatic nitrogens is 1. The SMILES string of the molecule is C=CCC(N)c1cnc(F)c(F)c1. The molecule has 0 spiro atoms. The van der Waals surface area contributed by atoms with Gasteiger partial charge in [0.2, 0.25) is 5.95 Å². The van der Waals surface area contributed by atoms with E-state index in [1.54, 1.807) is 6.08 Å². The minimum atomic E-state index is -1.10. The van der Waals surface area contributed by atoms with Crippen molar-refractivity contribution in [2.45, 2.75) is 12.5 Å². The van der Waals surface area contributed by atoms with E-state index in [1.165, 1.54) is 6.20 Å². The lowest BCUT2D eigenvalue weighted by Crippen LogP contribution is -2.10. The summed E-state index contributed by atoms with van der Waals surface area (Å²) in [4.78, 5) is 3.23. The fourth-order valence-electron chi connectivity index (χ4n) is 0.954. The third-order valence-electron chi connectivity index (χ3n) is 1.67. The zero-order valence-corrected chi connectivity index (χ0v) is 7.00. The number of nitrogens with two attached hydrogens (primary N) is 1. The van der Waals surface area contributed by atoms with E-state index in [0.717, 1.165) is 6.07 Å². The summed E-state index contributed by atoms with van der Waals surface area (Å²) < 4.78 is 25.1. The Labute approximate surface area is 75.1 Å². The molecule has 0 aromatic carbocycles. The van der Waals surface area contributed by atoms with Gasteiger partial charge >= 0.3 is 0 Å². The summed E-state index contributed by atoms with van der Waals surface area (Å²) in [6.45, 7) is 3.50. The van der Waals surface area contributed by atoms with Crippen LogP contribution in [0.3, 0.4) is 0 Å². The molecule has 0 saturated heterocycles. The van der Waals surface area contributed by atoms with Crippen LogP contribution in [-0.2, 0) is 0 Å². The summed E-state index contributed by atoms with van der Waals surface area (Å²) >= 11 is 0. The minimum absolute atomic E-state index is 0.375. The first kappa shape index (κ1) is 9.80. The summed E-state index contributed by atoms with van der Waals surface area (Å²) in [5.41, 5.74) is 6.10. The zero-order valence-electron chi connectivity index (χ0n) is 7.00. The van der Waals surface area contributed by atoms with Crippen LogP contribution in [0, 0.1) is 11.8 Å². The first-order valence-electron chi connectivity index (χ1n) is 3.82. The van der Waals surface area contributed by atoms with E-state index < -0.39 is 11.8 Å². The number of hydrogen-bond donors (Lipinski definition) is 1. The fraction of sp³-hybridized carbons (Fsp3) is 0.222. The lowest BCUT2D eigenvalue weighted by Gasteiger charge is -2.08. The largest absolute Gasteiger partial charge is 0.324 e. The average molecular weight is 184 g/mol. The van der Waals surface area contributed by atoms with Crippen LogP contribution in [0.2, 0.25) is 0 Å². The number of hydrogen-bond acceptors (Lipinski definition) is 2. The molecule has 1 unspecified atom stereocenters. The highest BCUT2D eigenvalue weighted by Crippen LogP contribution is 2.15. The molecule has 13 heavy (non-hydrogen) atoms. The first-order valence-corrected chi connectivity index (χ1v) is 3.82. The molecule has 0 aliphatic rings. The molecule has 0 radical (unpaired) electrons. The lowest BCUT2D eigenvalue weighted by molar-refractivity contribution is 0.475. The van der Waals surface area contributed by atoms with Crippen LogP contribution < -0.4 is 5.73 Å². The van der Waals surface area contributed by atoms with Gasteiger partial charge < -0.3 is 5.73 Å². The number of nitrogens with zero attached hydrogens (tertiary/aromatic N) is 1. The van der Waals surface area contributed by atoms with Crippen molar-refractivity contribution < 1.29 is 8.78 Å². The molecule has 70 valence electrons. The number of halogens is 2. The third-order valence-corrected chi connectivity index (χ3v) is 1.67. The molecule has 0 amide bonds. The molecule has 2 nitrogen and oxygen atoms in total. The summed E-state index contributed by atoms with van der Waals surface area (Å²) in [5, 5.41) is 0. The van der Waals surface area contributed by atoms with Crippen LogP contribution in [0.5, 0.6) is 0 Å². The summed E-state index contributed by atoms with van der Waals surface area (Å²) in [6, 6.07) is 0.677. The maximum absolute atomic E-state index is 12.7. The molecule has 1 heterocycles. The lowest BCUT2D eigenvalue weighted by atomic mass is 10.1. The normalized spacial score (nSPS) is 12.5. The molecular weight excluding hydrogens is 174 g/mol. The molecule has 0 aliphatic heterocycles. The monoisotopic (exact) mass is 184 g/mol. The molecule has 0 aliphatic carbocycles. The molecular formula is C9H10F2N2. The predicted molar refractivity (Wildman–Crippen MR) is 45.9 cm³/mol. The van der Waals surface area contributed by atoms with Crippen molar-refractivity contribution in [3.05, 3.63) is 42.2 Å². The van der Waals surface area contributed by atoms with Gasteiger partial charge in [-0.15, -0.1) is 6.58 Å². The van der Waals surface area contributed by atoms with Gasteiger partial charge in [-0.25, -0.2) is 9.37 Å². The van der Waals surface area contributed by atoms with Crippen LogP contribution in [0.1, 0.15) is 18.0 Å². The van der Waals surface area contributed by atoms with Crippen molar-refractivity contribution >= 4 is 0 Å². The summed E-state index contributed by atoms with van der Waals surface area (Å²) in [6.07, 6.45) is 3.35. The van der Waals surface area contributed by atoms with Crippen LogP contribution >= 0.6 is 0 Å². The maximum atomic E-state index is 12.7. The van der Waals surface area contributed by atoms with Crippen LogP contribution in [0.4, 0.5) is 8.78 Å². The van der Waals surface area contributed by atoms with Gasteiger partial charge in [-0.3, -0.25) is 0 Å². The van der Waals surface area contributed by atoms with Gasteiger partial charge in [0, 0.05) is 12.2 Å². The minimum Gasteiger partial charge on any atom is -0.324 e. The molecule has 0 saturated carbocycles. The topological polar surface area (TPSA) is 38.9 Å². The molecule has 0 bridgehead atoms. The van der Waals surface area contributed by atoms with Gasteiger partial charge in [-0.1, -0.05) is 6.08 Å². The first-order chi connectivity index (χ1) is 6.15. The van der Waals surface area contributed by atoms with Gasteiger partial charge in [-0.05, 0) is 18.1 Å². The highest BCUT2D eigenvalue weighted by atomic mass is 19.2. The molecule has 0 fully saturated rings. The van der Waals surface area contributed by atoms with E-state index in [0.29, 0.717) is 12.0 Å². The fourth-order valence-corrected chi connectivity index (χ4v) is 0.954. The smallest absolute Gasteiger partial charge is 0.248 e. The summed E-state index contributed by atoms with van der Waals surface area (Å²) in [7, 11) is 0. The highest BCUT2D eigenvalue weighted by Gasteiger charge is 2.08. The molecule has 1 atom stereocenters. The van der Waals surface area contributed by atoms with Gasteiger partial charge in [-0.2, -0.15) is 4.39 Å². The Hall–Kier alpha value is -1.29. The predicted octanol–water partition coefficient (Wildman–Crippen LogP) is 1.94. The molecule has 1 aromatic rings. The number of rotatable bonds is 3. The van der Waals surface area contributed by atoms with Gasteiger partial charge in [0.1, 0.15) is 0 Å². The van der Waals surface area contributed by atoms with Crippen LogP contribution in [0.15, 0.2) is 24.9 Å². The average Bonchev–Trinajstić information content (AvgIpc) is 2.10. The van der Waals surface area contributed by atoms with Crippen molar-refractivity contribution in [2.24, 2.45) is 5.73 Å². The van der Waals surface area contributed by atoms with Crippen molar-refractivity contribution in [3.63, 3.8) is 0 Å². The Kier molecular flexibility index (Phi) is 3.08. The second-order valence-electron chi connectivity index (χ2n) is 2.67. The molecule has 1 rings (SSSR count). The Morgan fingerprint density at radius 2 is 2.31 bits per heavy atom. The van der Waals surface area contributed by atoms with Crippen LogP contribution in [-0.4, -0.2) is 4.98 Å². The molecule has 2 N–H and O–H groups in total. The Bertz CT molecular complexity index is 312. The second-order valence-corrected chi connectivity index (χ2v) is 2.67. The zero-order chi connectivity index (χ0) is 9.84. The van der Waals surface area contributed by atoms with Crippen molar-refractivity contribution in [1.82, 2.24) is 4.98 Å². The number of pyridine rings is 1. The third kappa shape index (κ3) is 2.32. The second kappa shape index (κ2) is 4.09. The van der Waals surface area contributed by atoms with Crippen molar-refractivity contribution in [1.29, 1.82) is 0 Å². The van der Waals surface area contributed by atoms with E-state index >= 15 is 0 Å². The summed E-state index contributed by atoms with van der Waals surface area (Å²) in [5.74, 6) is -2.08. The van der Waals surface area contributed by atoms with E-state index in [4.69, 9.17) is 5.73 Å². The van der Waals surface area contributed by atoms with Gasteiger partial charge in [0.15, 0.2) is 5.82 Å². The molecule has 4 heteroatoms. The Morgan fingerprint density at radius 3 is 2.85 bits per heavy atom. The molecule has 1 aromatic heterocycles. The van der Waals surface area contributed by atoms with E-state index in [1.807, 2.05) is 0 Å². The Balaban J connectivity index is 2.89. The quantitative estimate of drug-likeness (QED) is 0.576.